The Morgan fingerprint density at radius 2 is 1.21 bits per heavy atom. The topological polar surface area (TPSA) is 46.7 Å². The van der Waals surface area contributed by atoms with E-state index in [-0.39, 0.29) is 0 Å². The van der Waals surface area contributed by atoms with Crippen LogP contribution in [-0.4, -0.2) is 16.2 Å². The Morgan fingerprint density at radius 3 is 2.05 bits per heavy atom. The number of hydrogen-bond donors (Lipinski definition) is 0. The molecule has 0 amide bonds. The van der Waals surface area contributed by atoms with Crippen molar-refractivity contribution in [2.45, 2.75) is 0 Å². The first kappa shape index (κ1) is 31.9. The molecule has 266 valence electrons. The highest BCUT2D eigenvalue weighted by molar-refractivity contribution is 6.11. The number of anilines is 2. The van der Waals surface area contributed by atoms with Crippen LogP contribution < -0.4 is 14.5 Å². The number of aromatic nitrogens is 2. The zero-order chi connectivity index (χ0) is 37.0. The second kappa shape index (κ2) is 13.1. The molecule has 3 aromatic heterocycles. The Bertz CT molecular complexity index is 3100. The second-order valence-electron chi connectivity index (χ2n) is 14.1. The molecule has 0 saturated carbocycles. The molecule has 0 bridgehead atoms. The first-order chi connectivity index (χ1) is 27.7. The fourth-order valence-corrected chi connectivity index (χ4v) is 8.03. The molecule has 1 aliphatic heterocycles. The van der Waals surface area contributed by atoms with Gasteiger partial charge in [-0.25, -0.2) is 4.98 Å². The van der Waals surface area contributed by atoms with Crippen molar-refractivity contribution >= 4 is 60.8 Å². The molecule has 7 aromatic carbocycles. The summed E-state index contributed by atoms with van der Waals surface area (Å²) >= 11 is 0. The molecule has 11 rings (SSSR count). The van der Waals surface area contributed by atoms with Crippen molar-refractivity contribution in [1.29, 1.82) is 0 Å². The fourth-order valence-electron chi connectivity index (χ4n) is 8.03. The lowest BCUT2D eigenvalue weighted by Gasteiger charge is -2.25. The van der Waals surface area contributed by atoms with Gasteiger partial charge >= 0.3 is 0 Å². The maximum absolute atomic E-state index is 6.72. The van der Waals surface area contributed by atoms with E-state index in [1.54, 1.807) is 0 Å². The molecule has 0 saturated heterocycles. The number of para-hydroxylation sites is 2. The lowest BCUT2D eigenvalue weighted by Crippen LogP contribution is -2.26. The SMILES string of the molecule is C1=C(c2ccccc2)N(c2cccc(Oc3ccc4c5cc(-c6ccccc6)ccc5n(-c5cc6oc7ccccc7c6cn5)c4c3)c2)CN1c1ccccc1. The highest BCUT2D eigenvalue weighted by Crippen LogP contribution is 2.40. The van der Waals surface area contributed by atoms with Gasteiger partial charge in [0.05, 0.1) is 23.4 Å². The summed E-state index contributed by atoms with van der Waals surface area (Å²) in [4.78, 5) is 9.64. The van der Waals surface area contributed by atoms with Crippen molar-refractivity contribution in [3.63, 3.8) is 0 Å². The molecule has 56 heavy (non-hydrogen) atoms. The number of nitrogens with zero attached hydrogens (tertiary/aromatic N) is 4. The van der Waals surface area contributed by atoms with Crippen LogP contribution in [0.3, 0.4) is 0 Å². The number of ether oxygens (including phenoxy) is 1. The van der Waals surface area contributed by atoms with Gasteiger partial charge in [-0.05, 0) is 71.3 Å². The van der Waals surface area contributed by atoms with Gasteiger partial charge < -0.3 is 19.0 Å². The number of rotatable bonds is 7. The molecule has 0 fully saturated rings. The summed E-state index contributed by atoms with van der Waals surface area (Å²) in [6.45, 7) is 0.678. The van der Waals surface area contributed by atoms with E-state index in [2.05, 4.69) is 172 Å². The second-order valence-corrected chi connectivity index (χ2v) is 14.1. The fraction of sp³-hybridized carbons (Fsp3) is 0.0200. The molecular formula is C50H34N4O2. The zero-order valence-electron chi connectivity index (χ0n) is 30.3. The molecule has 0 spiro atoms. The Kier molecular flexibility index (Phi) is 7.45. The third-order valence-electron chi connectivity index (χ3n) is 10.7. The van der Waals surface area contributed by atoms with Gasteiger partial charge in [-0.1, -0.05) is 109 Å². The Hall–Kier alpha value is -7.57. The van der Waals surface area contributed by atoms with Crippen LogP contribution in [0, 0.1) is 0 Å². The number of benzene rings is 7. The summed E-state index contributed by atoms with van der Waals surface area (Å²) in [5.41, 5.74) is 10.5. The van der Waals surface area contributed by atoms with Gasteiger partial charge in [0, 0.05) is 63.5 Å². The molecule has 1 aliphatic rings. The summed E-state index contributed by atoms with van der Waals surface area (Å²) in [6.07, 6.45) is 4.15. The van der Waals surface area contributed by atoms with E-state index >= 15 is 0 Å². The third kappa shape index (κ3) is 5.46. The molecule has 0 radical (unpaired) electrons. The maximum Gasteiger partial charge on any atom is 0.141 e. The van der Waals surface area contributed by atoms with Crippen LogP contribution in [0.4, 0.5) is 11.4 Å². The van der Waals surface area contributed by atoms with Crippen LogP contribution in [0.5, 0.6) is 11.5 Å². The summed E-state index contributed by atoms with van der Waals surface area (Å²) in [5.74, 6) is 2.27. The van der Waals surface area contributed by atoms with Gasteiger partial charge in [-0.15, -0.1) is 0 Å². The monoisotopic (exact) mass is 722 g/mol. The van der Waals surface area contributed by atoms with Crippen molar-refractivity contribution in [2.24, 2.45) is 0 Å². The van der Waals surface area contributed by atoms with E-state index in [0.29, 0.717) is 6.67 Å². The summed E-state index contributed by atoms with van der Waals surface area (Å²) in [6, 6.07) is 63.0. The highest BCUT2D eigenvalue weighted by Gasteiger charge is 2.25. The van der Waals surface area contributed by atoms with E-state index in [4.69, 9.17) is 14.1 Å². The van der Waals surface area contributed by atoms with Crippen molar-refractivity contribution < 1.29 is 9.15 Å². The summed E-state index contributed by atoms with van der Waals surface area (Å²) in [7, 11) is 0. The van der Waals surface area contributed by atoms with Gasteiger partial charge in [0.15, 0.2) is 0 Å². The quantitative estimate of drug-likeness (QED) is 0.164. The number of pyridine rings is 1. The minimum absolute atomic E-state index is 0.678. The van der Waals surface area contributed by atoms with Crippen LogP contribution in [0.2, 0.25) is 0 Å². The number of furan rings is 1. The van der Waals surface area contributed by atoms with Crippen LogP contribution >= 0.6 is 0 Å². The van der Waals surface area contributed by atoms with Crippen molar-refractivity contribution in [3.05, 3.63) is 200 Å². The molecule has 0 unspecified atom stereocenters. The van der Waals surface area contributed by atoms with Crippen molar-refractivity contribution in [2.75, 3.05) is 16.5 Å². The van der Waals surface area contributed by atoms with Gasteiger partial charge in [-0.3, -0.25) is 4.57 Å². The average Bonchev–Trinajstić information content (AvgIpc) is 3.96. The number of fused-ring (bicyclic) bond motifs is 6. The third-order valence-corrected chi connectivity index (χ3v) is 10.7. The highest BCUT2D eigenvalue weighted by atomic mass is 16.5. The van der Waals surface area contributed by atoms with E-state index in [1.807, 2.05) is 36.5 Å². The van der Waals surface area contributed by atoms with Gasteiger partial charge in [-0.2, -0.15) is 0 Å². The molecule has 0 N–H and O–H groups in total. The van der Waals surface area contributed by atoms with Crippen LogP contribution in [0.15, 0.2) is 199 Å². The van der Waals surface area contributed by atoms with Gasteiger partial charge in [0.25, 0.3) is 0 Å². The first-order valence-corrected chi connectivity index (χ1v) is 18.8. The Balaban J connectivity index is 1.00. The number of hydrogen-bond acceptors (Lipinski definition) is 5. The molecule has 0 atom stereocenters. The van der Waals surface area contributed by atoms with Crippen LogP contribution in [0.1, 0.15) is 5.56 Å². The first-order valence-electron chi connectivity index (χ1n) is 18.8. The Morgan fingerprint density at radius 1 is 0.482 bits per heavy atom. The maximum atomic E-state index is 6.72. The van der Waals surface area contributed by atoms with Crippen LogP contribution in [0.25, 0.3) is 66.4 Å². The predicted octanol–water partition coefficient (Wildman–Crippen LogP) is 12.8. The van der Waals surface area contributed by atoms with Crippen molar-refractivity contribution in [1.82, 2.24) is 9.55 Å². The summed E-state index contributed by atoms with van der Waals surface area (Å²) < 4.78 is 15.3. The average molecular weight is 723 g/mol. The van der Waals surface area contributed by atoms with E-state index in [1.165, 1.54) is 5.56 Å². The summed E-state index contributed by atoms with van der Waals surface area (Å²) in [5, 5.41) is 4.30. The predicted molar refractivity (Wildman–Crippen MR) is 228 cm³/mol. The smallest absolute Gasteiger partial charge is 0.141 e. The molecule has 4 heterocycles. The molecule has 0 aliphatic carbocycles. The molecule has 6 nitrogen and oxygen atoms in total. The van der Waals surface area contributed by atoms with Crippen molar-refractivity contribution in [3.8, 4) is 28.4 Å². The zero-order valence-corrected chi connectivity index (χ0v) is 30.3. The molecule has 10 aromatic rings. The van der Waals surface area contributed by atoms with Gasteiger partial charge in [0.2, 0.25) is 0 Å². The van der Waals surface area contributed by atoms with E-state index in [0.717, 1.165) is 89.3 Å². The minimum Gasteiger partial charge on any atom is -0.457 e. The van der Waals surface area contributed by atoms with E-state index < -0.39 is 0 Å². The lowest BCUT2D eigenvalue weighted by molar-refractivity contribution is 0.483. The molecular weight excluding hydrogens is 689 g/mol. The van der Waals surface area contributed by atoms with Crippen LogP contribution in [-0.2, 0) is 0 Å². The normalized spacial score (nSPS) is 13.0. The minimum atomic E-state index is 0.678. The Labute approximate surface area is 323 Å². The lowest BCUT2D eigenvalue weighted by atomic mass is 10.0. The van der Waals surface area contributed by atoms with E-state index in [9.17, 15) is 0 Å². The molecule has 6 heteroatoms. The largest absolute Gasteiger partial charge is 0.457 e. The standard InChI is InChI=1S/C50H34N4O2/c1-4-13-34(14-5-1)36-23-26-45-43(27-36)41-25-24-40(29-46(41)54(45)50-30-49-44(31-51-50)42-21-10-11-22-48(42)56-49)55-39-20-12-19-38(28-39)53-33-52(37-17-8-3-9-18-37)32-47(53)35-15-6-2-7-16-35/h1-32H,33H2. The van der Waals surface area contributed by atoms with Gasteiger partial charge in [0.1, 0.15) is 28.5 Å².